The van der Waals surface area contributed by atoms with Crippen molar-refractivity contribution in [2.45, 2.75) is 32.0 Å². The summed E-state index contributed by atoms with van der Waals surface area (Å²) < 4.78 is 2.04. The zero-order valence-electron chi connectivity index (χ0n) is 15.9. The molecule has 2 aromatic heterocycles. The van der Waals surface area contributed by atoms with Gasteiger partial charge >= 0.3 is 0 Å². The van der Waals surface area contributed by atoms with Crippen molar-refractivity contribution < 1.29 is 0 Å². The van der Waals surface area contributed by atoms with Gasteiger partial charge < -0.3 is 10.2 Å². The lowest BCUT2D eigenvalue weighted by atomic mass is 10.1. The minimum Gasteiger partial charge on any atom is -0.311 e. The Bertz CT molecular complexity index is 844. The van der Waals surface area contributed by atoms with Crippen LogP contribution in [0.2, 0.25) is 0 Å². The smallest absolute Gasteiger partial charge is 0.0983 e. The van der Waals surface area contributed by atoms with Crippen LogP contribution in [-0.2, 0) is 13.1 Å². The van der Waals surface area contributed by atoms with Crippen LogP contribution in [-0.4, -0.2) is 45.8 Å². The summed E-state index contributed by atoms with van der Waals surface area (Å²) in [5.74, 6) is 0. The molecule has 1 saturated heterocycles. The molecule has 3 aromatic rings. The molecule has 1 N–H and O–H groups in total. The molecule has 3 heterocycles. The lowest BCUT2D eigenvalue weighted by molar-refractivity contribution is 0.300. The molecule has 1 atom stereocenters. The molecule has 1 unspecified atom stereocenters. The van der Waals surface area contributed by atoms with E-state index in [9.17, 15) is 0 Å². The Balaban J connectivity index is 1.51. The van der Waals surface area contributed by atoms with E-state index in [1.807, 2.05) is 23.0 Å². The summed E-state index contributed by atoms with van der Waals surface area (Å²) in [7, 11) is 2.22. The molecule has 0 aliphatic carbocycles. The molecule has 140 valence electrons. The summed E-state index contributed by atoms with van der Waals surface area (Å²) in [6, 6.07) is 15.2. The second kappa shape index (κ2) is 8.46. The summed E-state index contributed by atoms with van der Waals surface area (Å²) in [6.07, 6.45) is 8.45. The zero-order chi connectivity index (χ0) is 18.5. The van der Waals surface area contributed by atoms with Crippen LogP contribution in [0, 0.1) is 0 Å². The molecule has 5 nitrogen and oxygen atoms in total. The van der Waals surface area contributed by atoms with Crippen LogP contribution >= 0.6 is 0 Å². The maximum atomic E-state index is 4.87. The number of rotatable bonds is 7. The first-order valence-electron chi connectivity index (χ1n) is 9.71. The topological polar surface area (TPSA) is 46.0 Å². The van der Waals surface area contributed by atoms with Gasteiger partial charge in [0, 0.05) is 48.8 Å². The number of pyridine rings is 1. The maximum Gasteiger partial charge on any atom is 0.0983 e. The van der Waals surface area contributed by atoms with Gasteiger partial charge in [-0.3, -0.25) is 9.67 Å². The third-order valence-electron chi connectivity index (χ3n) is 5.33. The van der Waals surface area contributed by atoms with Crippen molar-refractivity contribution in [3.05, 3.63) is 72.2 Å². The highest BCUT2D eigenvalue weighted by molar-refractivity contribution is 5.61. The fourth-order valence-corrected chi connectivity index (χ4v) is 3.80. The van der Waals surface area contributed by atoms with Gasteiger partial charge in [-0.05, 0) is 44.1 Å². The van der Waals surface area contributed by atoms with Crippen LogP contribution in [0.25, 0.3) is 11.3 Å². The summed E-state index contributed by atoms with van der Waals surface area (Å²) >= 11 is 0. The number of nitrogens with zero attached hydrogens (tertiary/aromatic N) is 4. The SMILES string of the molecule is CN1CCCC1CNCc1cn(Cc2ccccc2)nc1-c1cccnc1. The molecule has 5 heteroatoms. The Labute approximate surface area is 161 Å². The van der Waals surface area contributed by atoms with E-state index in [0.717, 1.165) is 30.9 Å². The van der Waals surface area contributed by atoms with Gasteiger partial charge in [-0.25, -0.2) is 0 Å². The third-order valence-corrected chi connectivity index (χ3v) is 5.33. The predicted molar refractivity (Wildman–Crippen MR) is 108 cm³/mol. The van der Waals surface area contributed by atoms with Gasteiger partial charge in [0.25, 0.3) is 0 Å². The fourth-order valence-electron chi connectivity index (χ4n) is 3.80. The van der Waals surface area contributed by atoms with Crippen LogP contribution in [0.5, 0.6) is 0 Å². The van der Waals surface area contributed by atoms with E-state index in [1.54, 1.807) is 6.20 Å². The Kier molecular flexibility index (Phi) is 5.61. The van der Waals surface area contributed by atoms with Crippen molar-refractivity contribution in [3.8, 4) is 11.3 Å². The molecule has 1 aliphatic heterocycles. The van der Waals surface area contributed by atoms with Crippen LogP contribution < -0.4 is 5.32 Å². The average molecular weight is 361 g/mol. The van der Waals surface area contributed by atoms with Crippen LogP contribution in [0.15, 0.2) is 61.1 Å². The molecule has 4 rings (SSSR count). The summed E-state index contributed by atoms with van der Waals surface area (Å²) in [4.78, 5) is 6.72. The molecule has 0 radical (unpaired) electrons. The minimum atomic E-state index is 0.645. The Hall–Kier alpha value is -2.50. The van der Waals surface area contributed by atoms with Gasteiger partial charge in [-0.1, -0.05) is 30.3 Å². The number of hydrogen-bond acceptors (Lipinski definition) is 4. The second-order valence-corrected chi connectivity index (χ2v) is 7.34. The van der Waals surface area contributed by atoms with Crippen molar-refractivity contribution in [3.63, 3.8) is 0 Å². The maximum absolute atomic E-state index is 4.87. The molecule has 0 saturated carbocycles. The molecule has 1 fully saturated rings. The second-order valence-electron chi connectivity index (χ2n) is 7.34. The predicted octanol–water partition coefficient (Wildman–Crippen LogP) is 3.18. The van der Waals surface area contributed by atoms with E-state index in [0.29, 0.717) is 6.04 Å². The largest absolute Gasteiger partial charge is 0.311 e. The van der Waals surface area contributed by atoms with Crippen molar-refractivity contribution in [2.24, 2.45) is 0 Å². The van der Waals surface area contributed by atoms with Gasteiger partial charge in [0.15, 0.2) is 0 Å². The highest BCUT2D eigenvalue weighted by atomic mass is 15.3. The lowest BCUT2D eigenvalue weighted by Crippen LogP contribution is -2.35. The van der Waals surface area contributed by atoms with Crippen molar-refractivity contribution in [1.82, 2.24) is 25.0 Å². The summed E-state index contributed by atoms with van der Waals surface area (Å²) in [5.41, 5.74) is 4.56. The Morgan fingerprint density at radius 3 is 2.78 bits per heavy atom. The van der Waals surface area contributed by atoms with E-state index < -0.39 is 0 Å². The first kappa shape index (κ1) is 17.9. The Morgan fingerprint density at radius 2 is 2.04 bits per heavy atom. The van der Waals surface area contributed by atoms with Crippen molar-refractivity contribution >= 4 is 0 Å². The van der Waals surface area contributed by atoms with Gasteiger partial charge in [-0.15, -0.1) is 0 Å². The molecule has 1 aliphatic rings. The first-order valence-corrected chi connectivity index (χ1v) is 9.71. The molecule has 0 amide bonds. The molecule has 0 bridgehead atoms. The van der Waals surface area contributed by atoms with Crippen molar-refractivity contribution in [2.75, 3.05) is 20.1 Å². The Morgan fingerprint density at radius 1 is 1.15 bits per heavy atom. The van der Waals surface area contributed by atoms with E-state index >= 15 is 0 Å². The standard InChI is InChI=1S/C22H27N5/c1-26-12-6-10-21(26)15-24-14-20-17-27(16-18-7-3-2-4-8-18)25-22(20)19-9-5-11-23-13-19/h2-5,7-9,11,13,17,21,24H,6,10,12,14-16H2,1H3. The molecule has 0 spiro atoms. The zero-order valence-corrected chi connectivity index (χ0v) is 15.9. The lowest BCUT2D eigenvalue weighted by Gasteiger charge is -2.19. The summed E-state index contributed by atoms with van der Waals surface area (Å²) in [5, 5.41) is 8.51. The number of aromatic nitrogens is 3. The number of hydrogen-bond donors (Lipinski definition) is 1. The van der Waals surface area contributed by atoms with E-state index in [4.69, 9.17) is 5.10 Å². The highest BCUT2D eigenvalue weighted by Gasteiger charge is 2.20. The number of likely N-dealkylation sites (tertiary alicyclic amines) is 1. The molecule has 27 heavy (non-hydrogen) atoms. The van der Waals surface area contributed by atoms with Gasteiger partial charge in [0.2, 0.25) is 0 Å². The molecule has 1 aromatic carbocycles. The van der Waals surface area contributed by atoms with E-state index in [-0.39, 0.29) is 0 Å². The quantitative estimate of drug-likeness (QED) is 0.702. The monoisotopic (exact) mass is 361 g/mol. The van der Waals surface area contributed by atoms with Crippen LogP contribution in [0.3, 0.4) is 0 Å². The fraction of sp³-hybridized carbons (Fsp3) is 0.364. The van der Waals surface area contributed by atoms with Gasteiger partial charge in [0.05, 0.1) is 12.2 Å². The number of benzene rings is 1. The summed E-state index contributed by atoms with van der Waals surface area (Å²) in [6.45, 7) is 3.83. The van der Waals surface area contributed by atoms with E-state index in [1.165, 1.54) is 30.5 Å². The van der Waals surface area contributed by atoms with Crippen LogP contribution in [0.4, 0.5) is 0 Å². The van der Waals surface area contributed by atoms with Crippen LogP contribution in [0.1, 0.15) is 24.0 Å². The average Bonchev–Trinajstić information content (AvgIpc) is 3.30. The van der Waals surface area contributed by atoms with Gasteiger partial charge in [0.1, 0.15) is 0 Å². The normalized spacial score (nSPS) is 17.4. The van der Waals surface area contributed by atoms with E-state index in [2.05, 4.69) is 58.8 Å². The van der Waals surface area contributed by atoms with Gasteiger partial charge in [-0.2, -0.15) is 5.10 Å². The number of likely N-dealkylation sites (N-methyl/N-ethyl adjacent to an activating group) is 1. The molecular weight excluding hydrogens is 334 g/mol. The molecular formula is C22H27N5. The van der Waals surface area contributed by atoms with Crippen molar-refractivity contribution in [1.29, 1.82) is 0 Å². The first-order chi connectivity index (χ1) is 13.3. The minimum absolute atomic E-state index is 0.645. The number of nitrogens with one attached hydrogen (secondary N) is 1. The highest BCUT2D eigenvalue weighted by Crippen LogP contribution is 2.22. The third kappa shape index (κ3) is 4.43.